The van der Waals surface area contributed by atoms with Gasteiger partial charge in [-0.1, -0.05) is 13.8 Å². The predicted molar refractivity (Wildman–Crippen MR) is 80.3 cm³/mol. The molecule has 1 heterocycles. The molecule has 3 rings (SSSR count). The number of nitrogens with one attached hydrogen (secondary N) is 1. The van der Waals surface area contributed by atoms with Crippen LogP contribution in [0.2, 0.25) is 0 Å². The highest BCUT2D eigenvalue weighted by Crippen LogP contribution is 2.51. The fourth-order valence-electron chi connectivity index (χ4n) is 3.27. The molecule has 1 saturated carbocycles. The molecule has 1 N–H and O–H groups in total. The number of hydrogen-bond acceptors (Lipinski definition) is 3. The number of fused-ring (bicyclic) bond motifs is 1. The summed E-state index contributed by atoms with van der Waals surface area (Å²) in [5.74, 6) is 0.379. The first-order valence-electron chi connectivity index (χ1n) is 7.60. The van der Waals surface area contributed by atoms with Crippen LogP contribution in [0.25, 0.3) is 0 Å². The smallest absolute Gasteiger partial charge is 0.178 e. The lowest BCUT2D eigenvalue weighted by Gasteiger charge is -2.29. The molecule has 1 aromatic rings. The summed E-state index contributed by atoms with van der Waals surface area (Å²) < 4.78 is 37.7. The topological polar surface area (TPSA) is 46.2 Å². The normalized spacial score (nSPS) is 25.6. The molecule has 116 valence electrons. The van der Waals surface area contributed by atoms with E-state index in [0.717, 1.165) is 6.54 Å². The van der Waals surface area contributed by atoms with Gasteiger partial charge in [0.1, 0.15) is 5.82 Å². The van der Waals surface area contributed by atoms with E-state index in [1.165, 1.54) is 31.0 Å². The molecule has 0 radical (unpaired) electrons. The zero-order valence-electron chi connectivity index (χ0n) is 12.5. The molecule has 0 aromatic heterocycles. The van der Waals surface area contributed by atoms with Crippen LogP contribution in [-0.2, 0) is 9.84 Å². The van der Waals surface area contributed by atoms with E-state index >= 15 is 0 Å². The first-order valence-corrected chi connectivity index (χ1v) is 9.25. The second kappa shape index (κ2) is 5.06. The number of rotatable bonds is 4. The molecule has 2 aliphatic rings. The van der Waals surface area contributed by atoms with E-state index in [2.05, 4.69) is 19.2 Å². The molecule has 3 nitrogen and oxygen atoms in total. The highest BCUT2D eigenvalue weighted by atomic mass is 32.2. The Morgan fingerprint density at radius 3 is 2.71 bits per heavy atom. The SMILES string of the molecule is CC(C)C1(CNC2CCS(=O)(=O)c3ccc(F)cc32)CC1. The first-order chi connectivity index (χ1) is 9.84. The zero-order chi connectivity index (χ0) is 15.3. The fourth-order valence-corrected chi connectivity index (χ4v) is 4.87. The van der Waals surface area contributed by atoms with E-state index in [9.17, 15) is 12.8 Å². The van der Waals surface area contributed by atoms with Crippen LogP contribution in [0.4, 0.5) is 4.39 Å². The van der Waals surface area contributed by atoms with E-state index in [1.807, 2.05) is 0 Å². The van der Waals surface area contributed by atoms with E-state index in [0.29, 0.717) is 28.2 Å². The highest BCUT2D eigenvalue weighted by molar-refractivity contribution is 7.91. The van der Waals surface area contributed by atoms with Gasteiger partial charge in [-0.2, -0.15) is 0 Å². The highest BCUT2D eigenvalue weighted by Gasteiger charge is 2.45. The van der Waals surface area contributed by atoms with Crippen LogP contribution < -0.4 is 5.32 Å². The molecule has 1 aromatic carbocycles. The van der Waals surface area contributed by atoms with Crippen molar-refractivity contribution in [3.8, 4) is 0 Å². The molecule has 1 unspecified atom stereocenters. The molecule has 1 fully saturated rings. The maximum Gasteiger partial charge on any atom is 0.178 e. The van der Waals surface area contributed by atoms with Gasteiger partial charge in [-0.25, -0.2) is 12.8 Å². The Morgan fingerprint density at radius 1 is 1.38 bits per heavy atom. The molecule has 0 saturated heterocycles. The second-order valence-corrected chi connectivity index (χ2v) is 8.82. The van der Waals surface area contributed by atoms with Crippen molar-refractivity contribution < 1.29 is 12.8 Å². The monoisotopic (exact) mass is 311 g/mol. The minimum atomic E-state index is -3.25. The van der Waals surface area contributed by atoms with Crippen LogP contribution in [0.1, 0.15) is 44.7 Å². The van der Waals surface area contributed by atoms with Crippen molar-refractivity contribution >= 4 is 9.84 Å². The number of sulfone groups is 1. The van der Waals surface area contributed by atoms with Gasteiger partial charge in [-0.15, -0.1) is 0 Å². The molecule has 1 aliphatic carbocycles. The maximum atomic E-state index is 13.5. The molecule has 1 aliphatic heterocycles. The molecular weight excluding hydrogens is 289 g/mol. The summed E-state index contributed by atoms with van der Waals surface area (Å²) in [5.41, 5.74) is 0.949. The van der Waals surface area contributed by atoms with Crippen LogP contribution in [0.15, 0.2) is 23.1 Å². The molecule has 5 heteroatoms. The molecule has 1 atom stereocenters. The molecule has 0 amide bonds. The second-order valence-electron chi connectivity index (χ2n) is 6.74. The van der Waals surface area contributed by atoms with Crippen molar-refractivity contribution in [3.63, 3.8) is 0 Å². The standard InChI is InChI=1S/C16H22FNO2S/c1-11(2)16(6-7-16)10-18-14-5-8-21(19,20)15-4-3-12(17)9-13(14)15/h3-4,9,11,14,18H,5-8,10H2,1-2H3. The van der Waals surface area contributed by atoms with Crippen molar-refractivity contribution in [2.45, 2.75) is 44.0 Å². The Bertz CT molecular complexity index is 650. The number of benzene rings is 1. The number of halogens is 1. The first kappa shape index (κ1) is 15.0. The van der Waals surface area contributed by atoms with Crippen LogP contribution in [0, 0.1) is 17.2 Å². The fraction of sp³-hybridized carbons (Fsp3) is 0.625. The average molecular weight is 311 g/mol. The third-order valence-corrected chi connectivity index (χ3v) is 6.99. The van der Waals surface area contributed by atoms with Crippen LogP contribution >= 0.6 is 0 Å². The summed E-state index contributed by atoms with van der Waals surface area (Å²) >= 11 is 0. The lowest BCUT2D eigenvalue weighted by molar-refractivity contribution is 0.316. The summed E-state index contributed by atoms with van der Waals surface area (Å²) in [6.45, 7) is 5.34. The van der Waals surface area contributed by atoms with Gasteiger partial charge in [0.15, 0.2) is 9.84 Å². The minimum Gasteiger partial charge on any atom is -0.309 e. The quantitative estimate of drug-likeness (QED) is 0.869. The van der Waals surface area contributed by atoms with Gasteiger partial charge in [-0.05, 0) is 54.4 Å². The Kier molecular flexibility index (Phi) is 3.61. The van der Waals surface area contributed by atoms with Gasteiger partial charge in [-0.3, -0.25) is 0 Å². The summed E-state index contributed by atoms with van der Waals surface area (Å²) in [5, 5.41) is 3.50. The molecule has 0 bridgehead atoms. The van der Waals surface area contributed by atoms with Crippen LogP contribution in [0.3, 0.4) is 0 Å². The van der Waals surface area contributed by atoms with Crippen molar-refractivity contribution in [2.24, 2.45) is 11.3 Å². The van der Waals surface area contributed by atoms with Gasteiger partial charge >= 0.3 is 0 Å². The lowest BCUT2D eigenvalue weighted by atomic mass is 9.91. The predicted octanol–water partition coefficient (Wildman–Crippen LogP) is 3.07. The zero-order valence-corrected chi connectivity index (χ0v) is 13.3. The Labute approximate surface area is 125 Å². The maximum absolute atomic E-state index is 13.5. The Balaban J connectivity index is 1.84. The van der Waals surface area contributed by atoms with Gasteiger partial charge in [0.25, 0.3) is 0 Å². The summed E-state index contributed by atoms with van der Waals surface area (Å²) in [4.78, 5) is 0.294. The Morgan fingerprint density at radius 2 is 2.10 bits per heavy atom. The minimum absolute atomic E-state index is 0.0598. The third-order valence-electron chi connectivity index (χ3n) is 5.18. The third kappa shape index (κ3) is 2.73. The van der Waals surface area contributed by atoms with E-state index < -0.39 is 9.84 Å². The summed E-state index contributed by atoms with van der Waals surface area (Å²) in [6, 6.07) is 3.95. The lowest BCUT2D eigenvalue weighted by Crippen LogP contribution is -2.35. The van der Waals surface area contributed by atoms with Crippen LogP contribution in [0.5, 0.6) is 0 Å². The van der Waals surface area contributed by atoms with Crippen molar-refractivity contribution in [2.75, 3.05) is 12.3 Å². The Hall–Kier alpha value is -0.940. The van der Waals surface area contributed by atoms with Gasteiger partial charge in [0, 0.05) is 12.6 Å². The molecule has 0 spiro atoms. The van der Waals surface area contributed by atoms with Gasteiger partial charge < -0.3 is 5.32 Å². The van der Waals surface area contributed by atoms with Crippen LogP contribution in [-0.4, -0.2) is 20.7 Å². The summed E-state index contributed by atoms with van der Waals surface area (Å²) in [6.07, 6.45) is 2.96. The van der Waals surface area contributed by atoms with Crippen molar-refractivity contribution in [1.82, 2.24) is 5.32 Å². The van der Waals surface area contributed by atoms with Gasteiger partial charge in [0.2, 0.25) is 0 Å². The van der Waals surface area contributed by atoms with E-state index in [4.69, 9.17) is 0 Å². The molecular formula is C16H22FNO2S. The van der Waals surface area contributed by atoms with E-state index in [1.54, 1.807) is 0 Å². The molecule has 21 heavy (non-hydrogen) atoms. The summed E-state index contributed by atoms with van der Waals surface area (Å²) in [7, 11) is -3.25. The largest absolute Gasteiger partial charge is 0.309 e. The van der Waals surface area contributed by atoms with Gasteiger partial charge in [0.05, 0.1) is 10.6 Å². The van der Waals surface area contributed by atoms with Crippen molar-refractivity contribution in [1.29, 1.82) is 0 Å². The number of hydrogen-bond donors (Lipinski definition) is 1. The van der Waals surface area contributed by atoms with Crippen molar-refractivity contribution in [3.05, 3.63) is 29.6 Å². The van der Waals surface area contributed by atoms with E-state index in [-0.39, 0.29) is 17.6 Å². The average Bonchev–Trinajstić information content (AvgIpc) is 3.18.